The van der Waals surface area contributed by atoms with Crippen molar-refractivity contribution in [2.24, 2.45) is 5.84 Å². The first-order chi connectivity index (χ1) is 9.13. The second-order valence-electron chi connectivity index (χ2n) is 3.53. The summed E-state index contributed by atoms with van der Waals surface area (Å²) in [7, 11) is -3.77. The molecule has 0 fully saturated rings. The quantitative estimate of drug-likeness (QED) is 0.504. The number of hydrogen-bond acceptors (Lipinski definition) is 7. The van der Waals surface area contributed by atoms with E-state index in [1.807, 2.05) is 0 Å². The molecule has 19 heavy (non-hydrogen) atoms. The molecule has 2 rings (SSSR count). The zero-order chi connectivity index (χ0) is 13.7. The van der Waals surface area contributed by atoms with Gasteiger partial charge in [0.2, 0.25) is 0 Å². The fourth-order valence-corrected chi connectivity index (χ4v) is 2.47. The number of hydrogen-bond donors (Lipinski definition) is 3. The molecule has 0 aliphatic carbocycles. The number of nitrogens with zero attached hydrogens (tertiary/aromatic N) is 3. The molecule has 100 valence electrons. The average Bonchev–Trinajstić information content (AvgIpc) is 2.46. The minimum atomic E-state index is -3.77. The number of aromatic nitrogens is 3. The normalized spacial score (nSPS) is 11.2. The van der Waals surface area contributed by atoms with Crippen LogP contribution in [-0.2, 0) is 16.6 Å². The van der Waals surface area contributed by atoms with Gasteiger partial charge in [-0.3, -0.25) is 5.84 Å². The van der Waals surface area contributed by atoms with Gasteiger partial charge in [0.15, 0.2) is 5.03 Å². The number of nitrogens with one attached hydrogen (secondary N) is 2. The lowest BCUT2D eigenvalue weighted by Gasteiger charge is -2.09. The lowest BCUT2D eigenvalue weighted by atomic mass is 10.4. The first kappa shape index (κ1) is 13.3. The molecule has 0 saturated carbocycles. The Kier molecular flexibility index (Phi) is 4.00. The highest BCUT2D eigenvalue weighted by atomic mass is 32.2. The first-order valence-electron chi connectivity index (χ1n) is 5.29. The lowest BCUT2D eigenvalue weighted by molar-refractivity contribution is 0.577. The third-order valence-corrected chi connectivity index (χ3v) is 3.63. The average molecular weight is 280 g/mol. The van der Waals surface area contributed by atoms with Gasteiger partial charge in [0.1, 0.15) is 6.33 Å². The standard InChI is InChI=1S/C10H12N6O2S/c11-16-9-2-1-4-13-10(9)19(17,18)15-6-8-3-5-12-7-14-8/h1-5,7,15-16H,6,11H2. The third kappa shape index (κ3) is 3.22. The van der Waals surface area contributed by atoms with E-state index in [0.717, 1.165) is 0 Å². The van der Waals surface area contributed by atoms with Crippen LogP contribution >= 0.6 is 0 Å². The number of pyridine rings is 1. The van der Waals surface area contributed by atoms with E-state index < -0.39 is 10.0 Å². The molecule has 8 nitrogen and oxygen atoms in total. The van der Waals surface area contributed by atoms with E-state index in [-0.39, 0.29) is 17.3 Å². The van der Waals surface area contributed by atoms with Crippen LogP contribution < -0.4 is 16.0 Å². The molecule has 0 saturated heterocycles. The highest BCUT2D eigenvalue weighted by Gasteiger charge is 2.19. The van der Waals surface area contributed by atoms with E-state index in [1.54, 1.807) is 12.1 Å². The van der Waals surface area contributed by atoms with Crippen LogP contribution in [0.5, 0.6) is 0 Å². The topological polar surface area (TPSA) is 123 Å². The second-order valence-corrected chi connectivity index (χ2v) is 5.21. The predicted octanol–water partition coefficient (Wildman–Crippen LogP) is -0.364. The Morgan fingerprint density at radius 1 is 1.21 bits per heavy atom. The van der Waals surface area contributed by atoms with Gasteiger partial charge in [-0.25, -0.2) is 28.1 Å². The lowest BCUT2D eigenvalue weighted by Crippen LogP contribution is -2.26. The highest BCUT2D eigenvalue weighted by molar-refractivity contribution is 7.89. The van der Waals surface area contributed by atoms with Crippen LogP contribution in [0.2, 0.25) is 0 Å². The van der Waals surface area contributed by atoms with Crippen molar-refractivity contribution in [3.8, 4) is 0 Å². The molecular formula is C10H12N6O2S. The Balaban J connectivity index is 2.19. The number of hydrazine groups is 1. The molecule has 2 aromatic rings. The summed E-state index contributed by atoms with van der Waals surface area (Å²) in [6.45, 7) is 0.0471. The van der Waals surface area contributed by atoms with E-state index in [0.29, 0.717) is 5.69 Å². The molecule has 0 aliphatic heterocycles. The summed E-state index contributed by atoms with van der Waals surface area (Å²) in [5.74, 6) is 5.25. The van der Waals surface area contributed by atoms with Gasteiger partial charge in [0, 0.05) is 12.4 Å². The molecule has 2 heterocycles. The highest BCUT2D eigenvalue weighted by Crippen LogP contribution is 2.16. The summed E-state index contributed by atoms with van der Waals surface area (Å²) in [6, 6.07) is 4.72. The SMILES string of the molecule is NNc1cccnc1S(=O)(=O)NCc1ccncn1. The maximum Gasteiger partial charge on any atom is 0.260 e. The Morgan fingerprint density at radius 3 is 2.74 bits per heavy atom. The van der Waals surface area contributed by atoms with Gasteiger partial charge in [-0.2, -0.15) is 0 Å². The van der Waals surface area contributed by atoms with Crippen molar-refractivity contribution >= 4 is 15.7 Å². The van der Waals surface area contributed by atoms with Crippen molar-refractivity contribution in [3.05, 3.63) is 42.6 Å². The minimum Gasteiger partial charge on any atom is -0.321 e. The van der Waals surface area contributed by atoms with Gasteiger partial charge in [-0.05, 0) is 18.2 Å². The van der Waals surface area contributed by atoms with Gasteiger partial charge in [-0.1, -0.05) is 0 Å². The number of sulfonamides is 1. The van der Waals surface area contributed by atoms with E-state index in [9.17, 15) is 8.42 Å². The van der Waals surface area contributed by atoms with Crippen molar-refractivity contribution in [3.63, 3.8) is 0 Å². The molecule has 0 spiro atoms. The van der Waals surface area contributed by atoms with E-state index in [4.69, 9.17) is 5.84 Å². The zero-order valence-corrected chi connectivity index (χ0v) is 10.6. The largest absolute Gasteiger partial charge is 0.321 e. The van der Waals surface area contributed by atoms with Gasteiger partial charge < -0.3 is 5.43 Å². The summed E-state index contributed by atoms with van der Waals surface area (Å²) < 4.78 is 26.5. The Hall–Kier alpha value is -2.10. The van der Waals surface area contributed by atoms with Gasteiger partial charge >= 0.3 is 0 Å². The van der Waals surface area contributed by atoms with Crippen LogP contribution in [0.15, 0.2) is 41.9 Å². The molecule has 0 radical (unpaired) electrons. The molecule has 2 aromatic heterocycles. The fourth-order valence-electron chi connectivity index (χ4n) is 1.37. The maximum atomic E-state index is 12.1. The van der Waals surface area contributed by atoms with Gasteiger partial charge in [-0.15, -0.1) is 0 Å². The zero-order valence-electron chi connectivity index (χ0n) is 9.81. The van der Waals surface area contributed by atoms with Crippen molar-refractivity contribution in [1.29, 1.82) is 0 Å². The Morgan fingerprint density at radius 2 is 2.05 bits per heavy atom. The van der Waals surface area contributed by atoms with Crippen LogP contribution in [-0.4, -0.2) is 23.4 Å². The van der Waals surface area contributed by atoms with Crippen LogP contribution in [0.3, 0.4) is 0 Å². The molecule has 0 atom stereocenters. The van der Waals surface area contributed by atoms with Crippen LogP contribution in [0.25, 0.3) is 0 Å². The van der Waals surface area contributed by atoms with Crippen molar-refractivity contribution in [2.75, 3.05) is 5.43 Å². The molecule has 0 amide bonds. The summed E-state index contributed by atoms with van der Waals surface area (Å²) in [4.78, 5) is 11.5. The first-order valence-corrected chi connectivity index (χ1v) is 6.78. The Bertz CT molecular complexity index is 646. The fraction of sp³-hybridized carbons (Fsp3) is 0.100. The van der Waals surface area contributed by atoms with Crippen molar-refractivity contribution in [1.82, 2.24) is 19.7 Å². The van der Waals surface area contributed by atoms with E-state index >= 15 is 0 Å². The number of anilines is 1. The van der Waals surface area contributed by atoms with E-state index in [2.05, 4.69) is 25.1 Å². The molecule has 0 bridgehead atoms. The molecule has 9 heteroatoms. The number of nitrogens with two attached hydrogens (primary N) is 1. The van der Waals surface area contributed by atoms with Crippen LogP contribution in [0.4, 0.5) is 5.69 Å². The van der Waals surface area contributed by atoms with E-state index in [1.165, 1.54) is 24.8 Å². The van der Waals surface area contributed by atoms with Gasteiger partial charge in [0.25, 0.3) is 10.0 Å². The van der Waals surface area contributed by atoms with Crippen LogP contribution in [0.1, 0.15) is 5.69 Å². The smallest absolute Gasteiger partial charge is 0.260 e. The summed E-state index contributed by atoms with van der Waals surface area (Å²) in [5.41, 5.74) is 3.07. The predicted molar refractivity (Wildman–Crippen MR) is 68.1 cm³/mol. The second kappa shape index (κ2) is 5.69. The molecule has 0 aromatic carbocycles. The summed E-state index contributed by atoms with van der Waals surface area (Å²) in [6.07, 6.45) is 4.25. The molecule has 0 unspecified atom stereocenters. The summed E-state index contributed by atoms with van der Waals surface area (Å²) in [5, 5.41) is -0.161. The Labute approximate surface area is 110 Å². The monoisotopic (exact) mass is 280 g/mol. The van der Waals surface area contributed by atoms with Crippen molar-refractivity contribution in [2.45, 2.75) is 11.6 Å². The minimum absolute atomic E-state index is 0.0471. The third-order valence-electron chi connectivity index (χ3n) is 2.27. The van der Waals surface area contributed by atoms with Crippen molar-refractivity contribution < 1.29 is 8.42 Å². The summed E-state index contributed by atoms with van der Waals surface area (Å²) >= 11 is 0. The molecule has 0 aliphatic rings. The van der Waals surface area contributed by atoms with Gasteiger partial charge in [0.05, 0.1) is 17.9 Å². The van der Waals surface area contributed by atoms with Crippen LogP contribution in [0, 0.1) is 0 Å². The number of rotatable bonds is 5. The number of nitrogen functional groups attached to an aromatic ring is 1. The maximum absolute atomic E-state index is 12.1. The molecular weight excluding hydrogens is 268 g/mol. The molecule has 4 N–H and O–H groups in total.